The molecule has 0 radical (unpaired) electrons. The molecule has 0 spiro atoms. The standard InChI is InChI=1S/C15H12FN3O/c16-13-9-5-4-8-12(13)15-14(10-20)17-18-19(15)11-6-2-1-3-7-11/h1-9,20H,10H2. The second-order valence-electron chi connectivity index (χ2n) is 4.27. The van der Waals surface area contributed by atoms with Crippen molar-refractivity contribution >= 4 is 0 Å². The van der Waals surface area contributed by atoms with E-state index in [1.54, 1.807) is 18.2 Å². The molecule has 20 heavy (non-hydrogen) atoms. The van der Waals surface area contributed by atoms with Crippen LogP contribution in [0.4, 0.5) is 4.39 Å². The molecule has 100 valence electrons. The topological polar surface area (TPSA) is 50.9 Å². The van der Waals surface area contributed by atoms with Gasteiger partial charge in [-0.15, -0.1) is 5.10 Å². The van der Waals surface area contributed by atoms with Crippen LogP contribution in [0.25, 0.3) is 16.9 Å². The van der Waals surface area contributed by atoms with E-state index in [1.807, 2.05) is 30.3 Å². The van der Waals surface area contributed by atoms with E-state index >= 15 is 0 Å². The predicted molar refractivity (Wildman–Crippen MR) is 72.7 cm³/mol. The zero-order valence-electron chi connectivity index (χ0n) is 10.6. The Labute approximate surface area is 115 Å². The SMILES string of the molecule is OCc1nnn(-c2ccccc2)c1-c1ccccc1F. The van der Waals surface area contributed by atoms with Gasteiger partial charge in [0.25, 0.3) is 0 Å². The van der Waals surface area contributed by atoms with Crippen LogP contribution in [0, 0.1) is 5.82 Å². The lowest BCUT2D eigenvalue weighted by Gasteiger charge is -2.08. The molecular formula is C15H12FN3O. The van der Waals surface area contributed by atoms with Crippen LogP contribution in [-0.2, 0) is 6.61 Å². The summed E-state index contributed by atoms with van der Waals surface area (Å²) in [6.45, 7) is -0.295. The smallest absolute Gasteiger partial charge is 0.132 e. The highest BCUT2D eigenvalue weighted by Gasteiger charge is 2.18. The van der Waals surface area contributed by atoms with Gasteiger partial charge in [-0.2, -0.15) is 0 Å². The maximum atomic E-state index is 14.0. The van der Waals surface area contributed by atoms with Gasteiger partial charge in [0, 0.05) is 5.56 Å². The maximum absolute atomic E-state index is 14.0. The average molecular weight is 269 g/mol. The van der Waals surface area contributed by atoms with Crippen molar-refractivity contribution in [2.75, 3.05) is 0 Å². The molecule has 0 aliphatic heterocycles. The second kappa shape index (κ2) is 5.22. The molecule has 0 amide bonds. The number of hydrogen-bond donors (Lipinski definition) is 1. The molecule has 0 atom stereocenters. The molecule has 0 saturated heterocycles. The largest absolute Gasteiger partial charge is 0.390 e. The van der Waals surface area contributed by atoms with Gasteiger partial charge in [-0.3, -0.25) is 0 Å². The molecule has 0 aliphatic rings. The van der Waals surface area contributed by atoms with Crippen molar-refractivity contribution in [2.45, 2.75) is 6.61 Å². The molecular weight excluding hydrogens is 257 g/mol. The van der Waals surface area contributed by atoms with Gasteiger partial charge in [-0.25, -0.2) is 9.07 Å². The van der Waals surface area contributed by atoms with Crippen molar-refractivity contribution in [1.82, 2.24) is 15.0 Å². The van der Waals surface area contributed by atoms with E-state index in [0.29, 0.717) is 17.0 Å². The van der Waals surface area contributed by atoms with Gasteiger partial charge >= 0.3 is 0 Å². The first kappa shape index (κ1) is 12.5. The Morgan fingerprint density at radius 3 is 2.40 bits per heavy atom. The van der Waals surface area contributed by atoms with Crippen LogP contribution in [0.1, 0.15) is 5.69 Å². The minimum Gasteiger partial charge on any atom is -0.390 e. The van der Waals surface area contributed by atoms with Crippen molar-refractivity contribution < 1.29 is 9.50 Å². The third kappa shape index (κ3) is 2.08. The highest BCUT2D eigenvalue weighted by Crippen LogP contribution is 2.27. The molecule has 1 N–H and O–H groups in total. The third-order valence-electron chi connectivity index (χ3n) is 3.02. The Balaban J connectivity index is 2.24. The number of para-hydroxylation sites is 1. The van der Waals surface area contributed by atoms with Crippen LogP contribution in [0.5, 0.6) is 0 Å². The summed E-state index contributed by atoms with van der Waals surface area (Å²) < 4.78 is 15.5. The minimum absolute atomic E-state index is 0.295. The molecule has 0 bridgehead atoms. The van der Waals surface area contributed by atoms with E-state index in [1.165, 1.54) is 10.7 Å². The number of hydrogen-bond acceptors (Lipinski definition) is 3. The van der Waals surface area contributed by atoms with Crippen LogP contribution >= 0.6 is 0 Å². The average Bonchev–Trinajstić information content (AvgIpc) is 2.92. The number of aromatic nitrogens is 3. The summed E-state index contributed by atoms with van der Waals surface area (Å²) in [5.41, 5.74) is 1.94. The first-order chi connectivity index (χ1) is 9.81. The van der Waals surface area contributed by atoms with Crippen LogP contribution in [0.15, 0.2) is 54.6 Å². The molecule has 0 unspecified atom stereocenters. The summed E-state index contributed by atoms with van der Waals surface area (Å²) >= 11 is 0. The van der Waals surface area contributed by atoms with Crippen LogP contribution in [0.2, 0.25) is 0 Å². The molecule has 0 saturated carbocycles. The third-order valence-corrected chi connectivity index (χ3v) is 3.02. The van der Waals surface area contributed by atoms with E-state index in [-0.39, 0.29) is 12.4 Å². The fourth-order valence-electron chi connectivity index (χ4n) is 2.09. The Hall–Kier alpha value is -2.53. The molecule has 5 heteroatoms. The van der Waals surface area contributed by atoms with E-state index in [0.717, 1.165) is 5.69 Å². The number of aliphatic hydroxyl groups excluding tert-OH is 1. The van der Waals surface area contributed by atoms with E-state index in [4.69, 9.17) is 0 Å². The molecule has 2 aromatic carbocycles. The van der Waals surface area contributed by atoms with Crippen molar-refractivity contribution in [3.05, 3.63) is 66.1 Å². The van der Waals surface area contributed by atoms with Crippen LogP contribution in [-0.4, -0.2) is 20.1 Å². The Bertz CT molecular complexity index is 725. The first-order valence-electron chi connectivity index (χ1n) is 6.17. The lowest BCUT2D eigenvalue weighted by atomic mass is 10.1. The molecule has 0 aliphatic carbocycles. The lowest BCUT2D eigenvalue weighted by Crippen LogP contribution is -2.01. The van der Waals surface area contributed by atoms with E-state index in [9.17, 15) is 9.50 Å². The Kier molecular flexibility index (Phi) is 3.26. The van der Waals surface area contributed by atoms with Gasteiger partial charge in [0.15, 0.2) is 0 Å². The Morgan fingerprint density at radius 1 is 1.00 bits per heavy atom. The number of benzene rings is 2. The molecule has 1 aromatic heterocycles. The van der Waals surface area contributed by atoms with Gasteiger partial charge < -0.3 is 5.11 Å². The zero-order valence-corrected chi connectivity index (χ0v) is 10.6. The van der Waals surface area contributed by atoms with Gasteiger partial charge in [0.2, 0.25) is 0 Å². The van der Waals surface area contributed by atoms with Crippen LogP contribution < -0.4 is 0 Å². The quantitative estimate of drug-likeness (QED) is 0.795. The lowest BCUT2D eigenvalue weighted by molar-refractivity contribution is 0.277. The van der Waals surface area contributed by atoms with Crippen molar-refractivity contribution in [3.8, 4) is 16.9 Å². The molecule has 4 nitrogen and oxygen atoms in total. The highest BCUT2D eigenvalue weighted by molar-refractivity contribution is 5.64. The number of nitrogens with zero attached hydrogens (tertiary/aromatic N) is 3. The van der Waals surface area contributed by atoms with Gasteiger partial charge in [0.05, 0.1) is 12.3 Å². The zero-order chi connectivity index (χ0) is 13.9. The monoisotopic (exact) mass is 269 g/mol. The molecule has 0 fully saturated rings. The normalized spacial score (nSPS) is 10.7. The maximum Gasteiger partial charge on any atom is 0.132 e. The van der Waals surface area contributed by atoms with Gasteiger partial charge in [0.1, 0.15) is 17.2 Å². The predicted octanol–water partition coefficient (Wildman–Crippen LogP) is 2.57. The summed E-state index contributed by atoms with van der Waals surface area (Å²) in [6.07, 6.45) is 0. The number of rotatable bonds is 3. The minimum atomic E-state index is -0.373. The molecule has 3 aromatic rings. The number of aliphatic hydroxyl groups is 1. The number of halogens is 1. The van der Waals surface area contributed by atoms with E-state index < -0.39 is 0 Å². The molecule has 3 rings (SSSR count). The Morgan fingerprint density at radius 2 is 1.70 bits per heavy atom. The van der Waals surface area contributed by atoms with Gasteiger partial charge in [-0.05, 0) is 24.3 Å². The fraction of sp³-hybridized carbons (Fsp3) is 0.0667. The molecule has 1 heterocycles. The fourth-order valence-corrected chi connectivity index (χ4v) is 2.09. The summed E-state index contributed by atoms with van der Waals surface area (Å²) in [7, 11) is 0. The van der Waals surface area contributed by atoms with Crippen molar-refractivity contribution in [3.63, 3.8) is 0 Å². The van der Waals surface area contributed by atoms with Crippen LogP contribution in [0.3, 0.4) is 0 Å². The second-order valence-corrected chi connectivity index (χ2v) is 4.27. The summed E-state index contributed by atoms with van der Waals surface area (Å²) in [4.78, 5) is 0. The summed E-state index contributed by atoms with van der Waals surface area (Å²) in [5.74, 6) is -0.373. The van der Waals surface area contributed by atoms with Crippen molar-refractivity contribution in [2.24, 2.45) is 0 Å². The highest BCUT2D eigenvalue weighted by atomic mass is 19.1. The van der Waals surface area contributed by atoms with E-state index in [2.05, 4.69) is 10.3 Å². The first-order valence-corrected chi connectivity index (χ1v) is 6.17. The van der Waals surface area contributed by atoms with Crippen molar-refractivity contribution in [1.29, 1.82) is 0 Å². The summed E-state index contributed by atoms with van der Waals surface area (Å²) in [5, 5.41) is 17.3. The summed E-state index contributed by atoms with van der Waals surface area (Å²) in [6, 6.07) is 15.7. The van der Waals surface area contributed by atoms with Gasteiger partial charge in [-0.1, -0.05) is 35.5 Å².